The lowest BCUT2D eigenvalue weighted by Gasteiger charge is -2.21. The minimum absolute atomic E-state index is 0.0490. The third kappa shape index (κ3) is 1.83. The molecule has 0 aromatic carbocycles. The molecule has 2 N–H and O–H groups in total. The highest BCUT2D eigenvalue weighted by molar-refractivity contribution is 5.34. The topological polar surface area (TPSA) is 82.0 Å². The van der Waals surface area contributed by atoms with Gasteiger partial charge in [0.1, 0.15) is 0 Å². The van der Waals surface area contributed by atoms with Gasteiger partial charge in [-0.05, 0) is 6.42 Å². The lowest BCUT2D eigenvalue weighted by atomic mass is 10.3. The van der Waals surface area contributed by atoms with Crippen LogP contribution in [-0.4, -0.2) is 23.1 Å². The Morgan fingerprint density at radius 2 is 2.27 bits per heavy atom. The summed E-state index contributed by atoms with van der Waals surface area (Å²) in [5, 5.41) is 11.2. The van der Waals surface area contributed by atoms with Crippen LogP contribution < -0.4 is 15.4 Å². The Kier molecular flexibility index (Phi) is 2.40. The molecule has 0 unspecified atom stereocenters. The molecule has 2 heterocycles. The minimum atomic E-state index is -0.0490. The zero-order valence-corrected chi connectivity index (χ0v) is 8.55. The average molecular weight is 207 g/mol. The Morgan fingerprint density at radius 1 is 1.47 bits per heavy atom. The Morgan fingerprint density at radius 3 is 2.87 bits per heavy atom. The summed E-state index contributed by atoms with van der Waals surface area (Å²) in [6, 6.07) is 0. The van der Waals surface area contributed by atoms with Crippen molar-refractivity contribution < 1.29 is 4.73 Å². The van der Waals surface area contributed by atoms with E-state index in [4.69, 9.17) is 5.73 Å². The molecular formula is C9H13N5O. The predicted molar refractivity (Wildman–Crippen MR) is 56.1 cm³/mol. The zero-order valence-electron chi connectivity index (χ0n) is 8.55. The van der Waals surface area contributed by atoms with Crippen LogP contribution in [0.25, 0.3) is 0 Å². The van der Waals surface area contributed by atoms with Crippen molar-refractivity contribution in [2.45, 2.75) is 13.3 Å². The molecule has 0 radical (unpaired) electrons. The molecule has 15 heavy (non-hydrogen) atoms. The van der Waals surface area contributed by atoms with Crippen LogP contribution in [0.15, 0.2) is 12.2 Å². The highest BCUT2D eigenvalue weighted by Gasteiger charge is 2.18. The van der Waals surface area contributed by atoms with Gasteiger partial charge in [-0.25, -0.2) is 4.73 Å². The van der Waals surface area contributed by atoms with Crippen LogP contribution >= 0.6 is 0 Å². The summed E-state index contributed by atoms with van der Waals surface area (Å²) < 4.78 is 0.531. The van der Waals surface area contributed by atoms with E-state index in [-0.39, 0.29) is 5.95 Å². The normalized spacial score (nSPS) is 15.7. The van der Waals surface area contributed by atoms with E-state index in [1.807, 2.05) is 4.90 Å². The molecule has 1 aliphatic rings. The van der Waals surface area contributed by atoms with Crippen LogP contribution in [0.1, 0.15) is 12.2 Å². The van der Waals surface area contributed by atoms with E-state index in [1.54, 1.807) is 6.92 Å². The van der Waals surface area contributed by atoms with Crippen molar-refractivity contribution in [2.24, 2.45) is 0 Å². The molecule has 2 rings (SSSR count). The number of rotatable bonds is 1. The van der Waals surface area contributed by atoms with Crippen molar-refractivity contribution >= 4 is 11.9 Å². The van der Waals surface area contributed by atoms with Gasteiger partial charge in [-0.3, -0.25) is 0 Å². The Bertz CT molecular complexity index is 380. The fourth-order valence-corrected chi connectivity index (χ4v) is 1.49. The molecule has 0 saturated carbocycles. The molecule has 0 saturated heterocycles. The van der Waals surface area contributed by atoms with Gasteiger partial charge < -0.3 is 15.8 Å². The fraction of sp³-hybridized carbons (Fsp3) is 0.444. The first kappa shape index (κ1) is 9.70. The third-order valence-corrected chi connectivity index (χ3v) is 2.32. The van der Waals surface area contributed by atoms with Crippen molar-refractivity contribution in [2.75, 3.05) is 23.7 Å². The Labute approximate surface area is 87.6 Å². The van der Waals surface area contributed by atoms with Gasteiger partial charge in [0, 0.05) is 20.0 Å². The summed E-state index contributed by atoms with van der Waals surface area (Å²) in [6.45, 7) is 3.24. The molecular weight excluding hydrogens is 194 g/mol. The van der Waals surface area contributed by atoms with Gasteiger partial charge in [0.15, 0.2) is 0 Å². The van der Waals surface area contributed by atoms with Crippen molar-refractivity contribution in [3.05, 3.63) is 23.2 Å². The van der Waals surface area contributed by atoms with Crippen molar-refractivity contribution in [3.63, 3.8) is 0 Å². The summed E-state index contributed by atoms with van der Waals surface area (Å²) in [7, 11) is 0. The van der Waals surface area contributed by atoms with Crippen LogP contribution in [-0.2, 0) is 0 Å². The van der Waals surface area contributed by atoms with E-state index < -0.39 is 0 Å². The van der Waals surface area contributed by atoms with Crippen LogP contribution in [0, 0.1) is 12.1 Å². The molecule has 1 aromatic heterocycles. The standard InChI is InChI=1S/C9H13N5O/c1-7-11-9(12-8(10)14(7)15)13-5-3-2-4-6-13/h2-3H,4-6H2,1H3,(H2,10,11,12). The highest BCUT2D eigenvalue weighted by atomic mass is 16.5. The van der Waals surface area contributed by atoms with E-state index in [9.17, 15) is 5.21 Å². The number of nitrogens with zero attached hydrogens (tertiary/aromatic N) is 4. The lowest BCUT2D eigenvalue weighted by Crippen LogP contribution is -2.39. The van der Waals surface area contributed by atoms with E-state index in [0.29, 0.717) is 16.5 Å². The van der Waals surface area contributed by atoms with Gasteiger partial charge in [0.2, 0.25) is 5.82 Å². The summed E-state index contributed by atoms with van der Waals surface area (Å²) >= 11 is 0. The van der Waals surface area contributed by atoms with Gasteiger partial charge in [-0.15, -0.1) is 0 Å². The van der Waals surface area contributed by atoms with Crippen molar-refractivity contribution in [1.82, 2.24) is 9.97 Å². The monoisotopic (exact) mass is 207 g/mol. The number of nitrogens with two attached hydrogens (primary N) is 1. The quantitative estimate of drug-likeness (QED) is 0.390. The number of aryl methyl sites for hydroxylation is 1. The van der Waals surface area contributed by atoms with Crippen molar-refractivity contribution in [3.8, 4) is 0 Å². The zero-order chi connectivity index (χ0) is 10.8. The maximum atomic E-state index is 11.2. The molecule has 80 valence electrons. The first-order valence-corrected chi connectivity index (χ1v) is 4.82. The van der Waals surface area contributed by atoms with Gasteiger partial charge in [-0.2, -0.15) is 0 Å². The fourth-order valence-electron chi connectivity index (χ4n) is 1.49. The van der Waals surface area contributed by atoms with Crippen molar-refractivity contribution in [1.29, 1.82) is 0 Å². The van der Waals surface area contributed by atoms with E-state index in [1.165, 1.54) is 0 Å². The summed E-state index contributed by atoms with van der Waals surface area (Å²) in [6.07, 6.45) is 5.13. The molecule has 0 spiro atoms. The molecule has 1 aliphatic heterocycles. The summed E-state index contributed by atoms with van der Waals surface area (Å²) in [5.41, 5.74) is 5.48. The van der Waals surface area contributed by atoms with Crippen LogP contribution in [0.2, 0.25) is 0 Å². The smallest absolute Gasteiger partial charge is 0.348 e. The number of aromatic nitrogens is 3. The number of hydrogen-bond acceptors (Lipinski definition) is 5. The largest absolute Gasteiger partial charge is 0.754 e. The Balaban J connectivity index is 2.32. The first-order chi connectivity index (χ1) is 7.18. The lowest BCUT2D eigenvalue weighted by molar-refractivity contribution is -0.603. The molecule has 0 amide bonds. The molecule has 0 atom stereocenters. The van der Waals surface area contributed by atoms with E-state index >= 15 is 0 Å². The van der Waals surface area contributed by atoms with Gasteiger partial charge >= 0.3 is 11.9 Å². The van der Waals surface area contributed by atoms with Crippen LogP contribution in [0.5, 0.6) is 0 Å². The summed E-state index contributed by atoms with van der Waals surface area (Å²) in [4.78, 5) is 10.1. The highest BCUT2D eigenvalue weighted by Crippen LogP contribution is 2.11. The second-order valence-corrected chi connectivity index (χ2v) is 3.43. The van der Waals surface area contributed by atoms with E-state index in [2.05, 4.69) is 22.1 Å². The number of anilines is 2. The third-order valence-electron chi connectivity index (χ3n) is 2.32. The van der Waals surface area contributed by atoms with Gasteiger partial charge in [0.05, 0.1) is 0 Å². The maximum absolute atomic E-state index is 11.2. The molecule has 0 fully saturated rings. The molecule has 0 aliphatic carbocycles. The number of hydrogen-bond donors (Lipinski definition) is 1. The maximum Gasteiger partial charge on any atom is 0.348 e. The van der Waals surface area contributed by atoms with Gasteiger partial charge in [0.25, 0.3) is 0 Å². The molecule has 6 heteroatoms. The first-order valence-electron chi connectivity index (χ1n) is 4.82. The SMILES string of the molecule is Cc1nc(N2CC=CCC2)nc(N)[n+]1[O-]. The molecule has 0 bridgehead atoms. The second kappa shape index (κ2) is 3.72. The number of nitrogen functional groups attached to an aromatic ring is 1. The Hall–Kier alpha value is -1.85. The van der Waals surface area contributed by atoms with Crippen LogP contribution in [0.3, 0.4) is 0 Å². The van der Waals surface area contributed by atoms with Crippen LogP contribution in [0.4, 0.5) is 11.9 Å². The average Bonchev–Trinajstić information content (AvgIpc) is 2.26. The van der Waals surface area contributed by atoms with E-state index in [0.717, 1.165) is 19.5 Å². The molecule has 6 nitrogen and oxygen atoms in total. The minimum Gasteiger partial charge on any atom is -0.754 e. The molecule has 1 aromatic rings. The van der Waals surface area contributed by atoms with Gasteiger partial charge in [-0.1, -0.05) is 22.1 Å². The second-order valence-electron chi connectivity index (χ2n) is 3.43. The predicted octanol–water partition coefficient (Wildman–Crippen LogP) is -0.233. The summed E-state index contributed by atoms with van der Waals surface area (Å²) in [5.74, 6) is 0.806.